The van der Waals surface area contributed by atoms with Crippen LogP contribution in [0.2, 0.25) is 0 Å². The van der Waals surface area contributed by atoms with E-state index in [1.807, 2.05) is 13.8 Å². The predicted octanol–water partition coefficient (Wildman–Crippen LogP) is 1.80. The molecular weight excluding hydrogens is 246 g/mol. The summed E-state index contributed by atoms with van der Waals surface area (Å²) in [5.74, 6) is 0.534. The Labute approximate surface area is 112 Å². The Balaban J connectivity index is 2.97. The van der Waals surface area contributed by atoms with Gasteiger partial charge in [-0.3, -0.25) is 9.59 Å². The van der Waals surface area contributed by atoms with Crippen LogP contribution in [0.15, 0.2) is 18.2 Å². The first-order chi connectivity index (χ1) is 9.13. The van der Waals surface area contributed by atoms with Gasteiger partial charge in [0.25, 0.3) is 5.91 Å². The normalized spacial score (nSPS) is 11.5. The lowest BCUT2D eigenvalue weighted by atomic mass is 10.2. The second-order valence-electron chi connectivity index (χ2n) is 3.88. The van der Waals surface area contributed by atoms with Crippen LogP contribution >= 0.6 is 0 Å². The molecule has 0 saturated carbocycles. The molecule has 0 fully saturated rings. The van der Waals surface area contributed by atoms with Gasteiger partial charge in [0.2, 0.25) is 0 Å². The highest BCUT2D eigenvalue weighted by Crippen LogP contribution is 2.31. The molecule has 1 aromatic rings. The molecule has 5 nitrogen and oxygen atoms in total. The highest BCUT2D eigenvalue weighted by molar-refractivity contribution is 5.83. The molecule has 0 aliphatic carbocycles. The molecule has 0 saturated heterocycles. The zero-order valence-corrected chi connectivity index (χ0v) is 11.4. The number of benzene rings is 1. The van der Waals surface area contributed by atoms with Crippen molar-refractivity contribution in [2.24, 2.45) is 0 Å². The van der Waals surface area contributed by atoms with E-state index in [0.29, 0.717) is 36.5 Å². The summed E-state index contributed by atoms with van der Waals surface area (Å²) in [6, 6.07) is 5.03. The van der Waals surface area contributed by atoms with Gasteiger partial charge < -0.3 is 14.8 Å². The van der Waals surface area contributed by atoms with E-state index in [2.05, 4.69) is 5.32 Å². The Morgan fingerprint density at radius 1 is 1.42 bits per heavy atom. The van der Waals surface area contributed by atoms with Crippen molar-refractivity contribution in [3.8, 4) is 11.5 Å². The number of hydrogen-bond acceptors (Lipinski definition) is 4. The Morgan fingerprint density at radius 3 is 2.74 bits per heavy atom. The minimum atomic E-state index is -0.694. The Kier molecular flexibility index (Phi) is 5.85. The van der Waals surface area contributed by atoms with Crippen LogP contribution in [0.5, 0.6) is 11.5 Å². The lowest BCUT2D eigenvalue weighted by molar-refractivity contribution is -0.127. The minimum Gasteiger partial charge on any atom is -0.490 e. The van der Waals surface area contributed by atoms with E-state index >= 15 is 0 Å². The molecule has 1 N–H and O–H groups in total. The van der Waals surface area contributed by atoms with Gasteiger partial charge in [0, 0.05) is 6.54 Å². The summed E-state index contributed by atoms with van der Waals surface area (Å²) in [4.78, 5) is 22.7. The molecule has 0 bridgehead atoms. The standard InChI is InChI=1S/C14H19NO4/c1-4-15-14(17)10(3)19-13-11(9-16)7-6-8-12(13)18-5-2/h6-10H,4-5H2,1-3H3,(H,15,17). The second-order valence-corrected chi connectivity index (χ2v) is 3.88. The maximum atomic E-state index is 11.7. The fourth-order valence-corrected chi connectivity index (χ4v) is 1.57. The third-order valence-corrected chi connectivity index (χ3v) is 2.45. The highest BCUT2D eigenvalue weighted by atomic mass is 16.5. The topological polar surface area (TPSA) is 64.6 Å². The average Bonchev–Trinajstić information content (AvgIpc) is 2.41. The number of para-hydroxylation sites is 1. The number of ether oxygens (including phenoxy) is 2. The van der Waals surface area contributed by atoms with Gasteiger partial charge in [-0.2, -0.15) is 0 Å². The number of amides is 1. The van der Waals surface area contributed by atoms with Crippen molar-refractivity contribution in [3.05, 3.63) is 23.8 Å². The van der Waals surface area contributed by atoms with E-state index in [1.165, 1.54) is 0 Å². The van der Waals surface area contributed by atoms with Crippen molar-refractivity contribution < 1.29 is 19.1 Å². The lowest BCUT2D eigenvalue weighted by Crippen LogP contribution is -2.36. The summed E-state index contributed by atoms with van der Waals surface area (Å²) in [7, 11) is 0. The molecule has 19 heavy (non-hydrogen) atoms. The zero-order chi connectivity index (χ0) is 14.3. The van der Waals surface area contributed by atoms with Crippen LogP contribution in [0, 0.1) is 0 Å². The second kappa shape index (κ2) is 7.41. The number of rotatable bonds is 7. The number of carbonyl (C=O) groups excluding carboxylic acids is 2. The van der Waals surface area contributed by atoms with Crippen molar-refractivity contribution in [2.45, 2.75) is 26.9 Å². The molecule has 0 aromatic heterocycles. The van der Waals surface area contributed by atoms with Crippen LogP contribution in [-0.4, -0.2) is 31.4 Å². The maximum Gasteiger partial charge on any atom is 0.260 e. The largest absolute Gasteiger partial charge is 0.490 e. The summed E-state index contributed by atoms with van der Waals surface area (Å²) >= 11 is 0. The molecule has 0 radical (unpaired) electrons. The third kappa shape index (κ3) is 3.98. The molecule has 0 aliphatic heterocycles. The van der Waals surface area contributed by atoms with Gasteiger partial charge in [-0.25, -0.2) is 0 Å². The molecule has 1 rings (SSSR count). The molecule has 1 amide bonds. The van der Waals surface area contributed by atoms with E-state index in [9.17, 15) is 9.59 Å². The van der Waals surface area contributed by atoms with E-state index in [1.54, 1.807) is 25.1 Å². The average molecular weight is 265 g/mol. The summed E-state index contributed by atoms with van der Waals surface area (Å²) in [6.45, 7) is 6.27. The molecular formula is C14H19NO4. The number of likely N-dealkylation sites (N-methyl/N-ethyl adjacent to an activating group) is 1. The van der Waals surface area contributed by atoms with E-state index in [0.717, 1.165) is 0 Å². The number of aldehydes is 1. The smallest absolute Gasteiger partial charge is 0.260 e. The third-order valence-electron chi connectivity index (χ3n) is 2.45. The Hall–Kier alpha value is -2.04. The van der Waals surface area contributed by atoms with Crippen molar-refractivity contribution >= 4 is 12.2 Å². The van der Waals surface area contributed by atoms with Crippen LogP contribution in [-0.2, 0) is 4.79 Å². The van der Waals surface area contributed by atoms with Crippen LogP contribution in [0.4, 0.5) is 0 Å². The van der Waals surface area contributed by atoms with Gasteiger partial charge in [-0.1, -0.05) is 6.07 Å². The lowest BCUT2D eigenvalue weighted by Gasteiger charge is -2.18. The highest BCUT2D eigenvalue weighted by Gasteiger charge is 2.18. The molecule has 1 unspecified atom stereocenters. The molecule has 1 atom stereocenters. The zero-order valence-electron chi connectivity index (χ0n) is 11.4. The molecule has 104 valence electrons. The SMILES string of the molecule is CCNC(=O)C(C)Oc1c(C=O)cccc1OCC. The van der Waals surface area contributed by atoms with Crippen LogP contribution < -0.4 is 14.8 Å². The molecule has 0 heterocycles. The van der Waals surface area contributed by atoms with Gasteiger partial charge in [0.05, 0.1) is 12.2 Å². The van der Waals surface area contributed by atoms with E-state index in [-0.39, 0.29) is 5.91 Å². The van der Waals surface area contributed by atoms with Gasteiger partial charge in [0.1, 0.15) is 0 Å². The first kappa shape index (κ1) is 15.0. The number of carbonyl (C=O) groups is 2. The van der Waals surface area contributed by atoms with Gasteiger partial charge in [-0.15, -0.1) is 0 Å². The minimum absolute atomic E-state index is 0.231. The molecule has 1 aromatic carbocycles. The van der Waals surface area contributed by atoms with Gasteiger partial charge in [0.15, 0.2) is 23.9 Å². The van der Waals surface area contributed by atoms with Crippen molar-refractivity contribution in [3.63, 3.8) is 0 Å². The van der Waals surface area contributed by atoms with E-state index < -0.39 is 6.10 Å². The van der Waals surface area contributed by atoms with Crippen molar-refractivity contribution in [1.29, 1.82) is 0 Å². The van der Waals surface area contributed by atoms with Gasteiger partial charge in [-0.05, 0) is 32.9 Å². The van der Waals surface area contributed by atoms with Crippen molar-refractivity contribution in [1.82, 2.24) is 5.32 Å². The quantitative estimate of drug-likeness (QED) is 0.763. The molecule has 0 spiro atoms. The number of hydrogen-bond donors (Lipinski definition) is 1. The summed E-state index contributed by atoms with van der Waals surface area (Å²) in [5, 5.41) is 2.66. The van der Waals surface area contributed by atoms with Crippen LogP contribution in [0.1, 0.15) is 31.1 Å². The summed E-state index contributed by atoms with van der Waals surface area (Å²) in [5.41, 5.74) is 0.363. The fraction of sp³-hybridized carbons (Fsp3) is 0.429. The van der Waals surface area contributed by atoms with Crippen LogP contribution in [0.3, 0.4) is 0 Å². The fourth-order valence-electron chi connectivity index (χ4n) is 1.57. The Bertz CT molecular complexity index is 445. The summed E-state index contributed by atoms with van der Waals surface area (Å²) < 4.78 is 11.0. The van der Waals surface area contributed by atoms with Crippen molar-refractivity contribution in [2.75, 3.05) is 13.2 Å². The maximum absolute atomic E-state index is 11.7. The summed E-state index contributed by atoms with van der Waals surface area (Å²) in [6.07, 6.45) is -0.0114. The predicted molar refractivity (Wildman–Crippen MR) is 71.8 cm³/mol. The molecule has 5 heteroatoms. The first-order valence-electron chi connectivity index (χ1n) is 6.29. The van der Waals surface area contributed by atoms with E-state index in [4.69, 9.17) is 9.47 Å². The van der Waals surface area contributed by atoms with Gasteiger partial charge >= 0.3 is 0 Å². The first-order valence-corrected chi connectivity index (χ1v) is 6.29. The number of nitrogens with one attached hydrogen (secondary N) is 1. The Morgan fingerprint density at radius 2 is 2.16 bits per heavy atom. The molecule has 0 aliphatic rings. The monoisotopic (exact) mass is 265 g/mol. The van der Waals surface area contributed by atoms with Crippen LogP contribution in [0.25, 0.3) is 0 Å².